The first-order valence-corrected chi connectivity index (χ1v) is 21.3. The first-order valence-electron chi connectivity index (χ1n) is 21.3. The van der Waals surface area contributed by atoms with Crippen molar-refractivity contribution in [3.63, 3.8) is 0 Å². The van der Waals surface area contributed by atoms with E-state index in [4.69, 9.17) is 0 Å². The number of nitrogens with zero attached hydrogens (tertiary/aromatic N) is 2. The highest BCUT2D eigenvalue weighted by atomic mass is 15.2. The SMILES string of the molecule is c1ccc(-c2ccccc2-c2cccc(-n3c4ccccc4c4c(N(c5ccccc5-c5ccccc5)c5ccccc5-c5ccccc5-c5ccccc5)cccc43)c2)cc1. The zero-order chi connectivity index (χ0) is 41.2. The topological polar surface area (TPSA) is 8.17 Å². The zero-order valence-corrected chi connectivity index (χ0v) is 34.1. The molecular weight excluding hydrogens is 749 g/mol. The van der Waals surface area contributed by atoms with E-state index in [0.29, 0.717) is 0 Å². The van der Waals surface area contributed by atoms with Crippen molar-refractivity contribution < 1.29 is 0 Å². The van der Waals surface area contributed by atoms with Gasteiger partial charge in [0.2, 0.25) is 0 Å². The summed E-state index contributed by atoms with van der Waals surface area (Å²) in [7, 11) is 0. The standard InChI is InChI=1S/C60H42N2/c1-4-22-43(23-5-1)48-30-10-11-32-50(48)46-28-20-29-47(42-46)61-57-39-19-16-36-54(57)60-58(61)40-21-41-59(60)62(55-37-17-14-33-51(55)45-26-8-3-9-27-45)56-38-18-15-35-53(56)52-34-13-12-31-49(52)44-24-6-2-7-25-44/h1-42H. The van der Waals surface area contributed by atoms with E-state index in [1.807, 2.05) is 0 Å². The predicted octanol–water partition coefficient (Wildman–Crippen LogP) is 16.6. The van der Waals surface area contributed by atoms with E-state index < -0.39 is 0 Å². The van der Waals surface area contributed by atoms with Crippen molar-refractivity contribution in [1.29, 1.82) is 0 Å². The molecule has 292 valence electrons. The van der Waals surface area contributed by atoms with E-state index in [2.05, 4.69) is 264 Å². The number of hydrogen-bond acceptors (Lipinski definition) is 1. The monoisotopic (exact) mass is 790 g/mol. The summed E-state index contributed by atoms with van der Waals surface area (Å²) in [4.78, 5) is 2.51. The second kappa shape index (κ2) is 16.1. The van der Waals surface area contributed by atoms with Crippen LogP contribution >= 0.6 is 0 Å². The van der Waals surface area contributed by atoms with Crippen LogP contribution in [-0.4, -0.2) is 4.57 Å². The minimum Gasteiger partial charge on any atom is -0.309 e. The van der Waals surface area contributed by atoms with E-state index in [9.17, 15) is 0 Å². The molecule has 0 saturated heterocycles. The molecule has 0 unspecified atom stereocenters. The normalized spacial score (nSPS) is 11.2. The number of aromatic nitrogens is 1. The molecule has 0 aliphatic heterocycles. The van der Waals surface area contributed by atoms with Gasteiger partial charge in [-0.2, -0.15) is 0 Å². The lowest BCUT2D eigenvalue weighted by Gasteiger charge is -2.31. The molecule has 0 amide bonds. The number of para-hydroxylation sites is 3. The van der Waals surface area contributed by atoms with Crippen molar-refractivity contribution in [1.82, 2.24) is 4.57 Å². The number of anilines is 3. The van der Waals surface area contributed by atoms with Gasteiger partial charge < -0.3 is 9.47 Å². The van der Waals surface area contributed by atoms with Crippen LogP contribution in [0.15, 0.2) is 255 Å². The molecule has 11 aromatic rings. The van der Waals surface area contributed by atoms with Crippen LogP contribution in [0.5, 0.6) is 0 Å². The van der Waals surface area contributed by atoms with Crippen LogP contribution in [0, 0.1) is 0 Å². The maximum atomic E-state index is 2.51. The maximum Gasteiger partial charge on any atom is 0.0562 e. The third kappa shape index (κ3) is 6.56. The number of rotatable bonds is 9. The molecule has 0 fully saturated rings. The predicted molar refractivity (Wildman–Crippen MR) is 263 cm³/mol. The lowest BCUT2D eigenvalue weighted by atomic mass is 9.92. The third-order valence-electron chi connectivity index (χ3n) is 12.0. The van der Waals surface area contributed by atoms with Gasteiger partial charge in [0.25, 0.3) is 0 Å². The Morgan fingerprint density at radius 3 is 1.31 bits per heavy atom. The Hall–Kier alpha value is -8.20. The second-order valence-corrected chi connectivity index (χ2v) is 15.6. The van der Waals surface area contributed by atoms with Gasteiger partial charge >= 0.3 is 0 Å². The minimum absolute atomic E-state index is 1.10. The molecule has 1 aromatic heterocycles. The van der Waals surface area contributed by atoms with Gasteiger partial charge in [0.15, 0.2) is 0 Å². The van der Waals surface area contributed by atoms with Crippen molar-refractivity contribution >= 4 is 38.9 Å². The number of benzene rings is 10. The van der Waals surface area contributed by atoms with Crippen LogP contribution in [0.2, 0.25) is 0 Å². The van der Waals surface area contributed by atoms with Crippen LogP contribution in [0.4, 0.5) is 17.1 Å². The third-order valence-corrected chi connectivity index (χ3v) is 12.0. The Labute approximate surface area is 362 Å². The van der Waals surface area contributed by atoms with Crippen LogP contribution in [0.3, 0.4) is 0 Å². The highest BCUT2D eigenvalue weighted by Crippen LogP contribution is 2.50. The summed E-state index contributed by atoms with van der Waals surface area (Å²) in [5.74, 6) is 0. The summed E-state index contributed by atoms with van der Waals surface area (Å²) < 4.78 is 2.45. The minimum atomic E-state index is 1.10. The Bertz CT molecular complexity index is 3350. The van der Waals surface area contributed by atoms with Gasteiger partial charge in [-0.15, -0.1) is 0 Å². The fraction of sp³-hybridized carbons (Fsp3) is 0. The van der Waals surface area contributed by atoms with Crippen LogP contribution < -0.4 is 4.90 Å². The van der Waals surface area contributed by atoms with Gasteiger partial charge in [0.1, 0.15) is 0 Å². The summed E-state index contributed by atoms with van der Waals surface area (Å²) in [6.07, 6.45) is 0. The summed E-state index contributed by atoms with van der Waals surface area (Å²) in [5.41, 5.74) is 18.6. The molecule has 0 radical (unpaired) electrons. The molecule has 0 aliphatic carbocycles. The number of fused-ring (bicyclic) bond motifs is 3. The smallest absolute Gasteiger partial charge is 0.0562 e. The average Bonchev–Trinajstić information content (AvgIpc) is 3.70. The van der Waals surface area contributed by atoms with Crippen molar-refractivity contribution in [3.05, 3.63) is 255 Å². The van der Waals surface area contributed by atoms with E-state index in [1.165, 1.54) is 49.7 Å². The molecule has 0 atom stereocenters. The Balaban J connectivity index is 1.17. The zero-order valence-electron chi connectivity index (χ0n) is 34.1. The van der Waals surface area contributed by atoms with Gasteiger partial charge in [0.05, 0.1) is 28.1 Å². The lowest BCUT2D eigenvalue weighted by molar-refractivity contribution is 1.18. The number of hydrogen-bond donors (Lipinski definition) is 0. The van der Waals surface area contributed by atoms with Crippen molar-refractivity contribution in [2.45, 2.75) is 0 Å². The molecule has 0 saturated carbocycles. The lowest BCUT2D eigenvalue weighted by Crippen LogP contribution is -2.13. The molecular formula is C60H42N2. The molecule has 11 rings (SSSR count). The van der Waals surface area contributed by atoms with Gasteiger partial charge in [-0.25, -0.2) is 0 Å². The first-order chi connectivity index (χ1) is 30.8. The molecule has 10 aromatic carbocycles. The van der Waals surface area contributed by atoms with Gasteiger partial charge in [-0.3, -0.25) is 0 Å². The van der Waals surface area contributed by atoms with Crippen molar-refractivity contribution in [2.75, 3.05) is 4.90 Å². The molecule has 1 heterocycles. The van der Waals surface area contributed by atoms with Gasteiger partial charge in [-0.1, -0.05) is 212 Å². The highest BCUT2D eigenvalue weighted by Gasteiger charge is 2.25. The summed E-state index contributed by atoms with van der Waals surface area (Å²) in [6, 6.07) is 92.1. The Morgan fingerprint density at radius 1 is 0.258 bits per heavy atom. The largest absolute Gasteiger partial charge is 0.309 e. The average molecular weight is 791 g/mol. The molecule has 0 bridgehead atoms. The van der Waals surface area contributed by atoms with Crippen molar-refractivity contribution in [3.8, 4) is 61.3 Å². The first kappa shape index (κ1) is 36.8. The molecule has 0 aliphatic rings. The molecule has 62 heavy (non-hydrogen) atoms. The second-order valence-electron chi connectivity index (χ2n) is 15.6. The van der Waals surface area contributed by atoms with Crippen LogP contribution in [-0.2, 0) is 0 Å². The maximum absolute atomic E-state index is 2.51. The Morgan fingerprint density at radius 2 is 0.661 bits per heavy atom. The molecule has 2 heteroatoms. The Kier molecular flexibility index (Phi) is 9.57. The van der Waals surface area contributed by atoms with Gasteiger partial charge in [0, 0.05) is 27.6 Å². The van der Waals surface area contributed by atoms with E-state index in [-0.39, 0.29) is 0 Å². The fourth-order valence-electron chi connectivity index (χ4n) is 9.29. The van der Waals surface area contributed by atoms with Crippen LogP contribution in [0.1, 0.15) is 0 Å². The van der Waals surface area contributed by atoms with E-state index in [0.717, 1.165) is 50.5 Å². The summed E-state index contributed by atoms with van der Waals surface area (Å²) >= 11 is 0. The molecule has 0 spiro atoms. The highest BCUT2D eigenvalue weighted by molar-refractivity contribution is 6.17. The quantitative estimate of drug-likeness (QED) is 0.141. The summed E-state index contributed by atoms with van der Waals surface area (Å²) in [5, 5.41) is 2.38. The van der Waals surface area contributed by atoms with Crippen molar-refractivity contribution in [2.24, 2.45) is 0 Å². The van der Waals surface area contributed by atoms with E-state index in [1.54, 1.807) is 0 Å². The van der Waals surface area contributed by atoms with Crippen LogP contribution in [0.25, 0.3) is 83.1 Å². The summed E-state index contributed by atoms with van der Waals surface area (Å²) in [6.45, 7) is 0. The van der Waals surface area contributed by atoms with E-state index >= 15 is 0 Å². The molecule has 2 nitrogen and oxygen atoms in total. The van der Waals surface area contributed by atoms with Gasteiger partial charge in [-0.05, 0) is 87.0 Å². The molecule has 0 N–H and O–H groups in total. The fourth-order valence-corrected chi connectivity index (χ4v) is 9.29.